The highest BCUT2D eigenvalue weighted by Gasteiger charge is 2.06. The fourth-order valence-corrected chi connectivity index (χ4v) is 1.43. The first-order valence-corrected chi connectivity index (χ1v) is 4.39. The van der Waals surface area contributed by atoms with Crippen molar-refractivity contribution >= 4 is 41.0 Å². The normalized spacial score (nSPS) is 9.93. The number of carboxylic acid groups (broad SMARTS) is 1. The summed E-state index contributed by atoms with van der Waals surface area (Å²) in [6.07, 6.45) is -0.105. The second-order valence-corrected chi connectivity index (χ2v) is 3.35. The third-order valence-corrected chi connectivity index (χ3v) is 2.05. The molecule has 0 fully saturated rings. The van der Waals surface area contributed by atoms with Crippen molar-refractivity contribution in [1.82, 2.24) is 9.97 Å². The first kappa shape index (κ1) is 11.8. The SMILES string of the molecule is Cl.O=C(O)Cc1nc2cc(Cl)ccc2[nH]1. The van der Waals surface area contributed by atoms with Crippen LogP contribution in [0.15, 0.2) is 18.2 Å². The van der Waals surface area contributed by atoms with E-state index in [1.807, 2.05) is 0 Å². The fourth-order valence-electron chi connectivity index (χ4n) is 1.26. The lowest BCUT2D eigenvalue weighted by Gasteiger charge is -1.87. The number of hydrogen-bond donors (Lipinski definition) is 2. The molecule has 1 aromatic heterocycles. The molecule has 0 aliphatic carbocycles. The van der Waals surface area contributed by atoms with Crippen molar-refractivity contribution in [3.63, 3.8) is 0 Å². The molecule has 0 aliphatic rings. The summed E-state index contributed by atoms with van der Waals surface area (Å²) in [6.45, 7) is 0. The van der Waals surface area contributed by atoms with Crippen LogP contribution in [0.1, 0.15) is 5.82 Å². The van der Waals surface area contributed by atoms with Crippen LogP contribution in [-0.2, 0) is 11.2 Å². The zero-order valence-electron chi connectivity index (χ0n) is 7.53. The molecule has 0 radical (unpaired) electrons. The third kappa shape index (κ3) is 2.61. The molecule has 0 bridgehead atoms. The minimum absolute atomic E-state index is 0. The summed E-state index contributed by atoms with van der Waals surface area (Å²) >= 11 is 5.76. The van der Waals surface area contributed by atoms with Crippen LogP contribution >= 0.6 is 24.0 Å². The predicted molar refractivity (Wildman–Crippen MR) is 59.7 cm³/mol. The highest BCUT2D eigenvalue weighted by Crippen LogP contribution is 2.17. The van der Waals surface area contributed by atoms with Crippen molar-refractivity contribution < 1.29 is 9.90 Å². The molecule has 2 aromatic rings. The summed E-state index contributed by atoms with van der Waals surface area (Å²) in [5, 5.41) is 9.15. The molecule has 0 saturated carbocycles. The van der Waals surface area contributed by atoms with Crippen LogP contribution in [0.25, 0.3) is 11.0 Å². The number of nitrogens with one attached hydrogen (secondary N) is 1. The third-order valence-electron chi connectivity index (χ3n) is 1.81. The molecule has 1 aromatic carbocycles. The van der Waals surface area contributed by atoms with E-state index in [2.05, 4.69) is 9.97 Å². The number of aromatic nitrogens is 2. The number of fused-ring (bicyclic) bond motifs is 1. The Morgan fingerprint density at radius 2 is 2.27 bits per heavy atom. The highest BCUT2D eigenvalue weighted by atomic mass is 35.5. The molecule has 0 atom stereocenters. The van der Waals surface area contributed by atoms with Gasteiger partial charge in [-0.05, 0) is 18.2 Å². The van der Waals surface area contributed by atoms with Gasteiger partial charge < -0.3 is 10.1 Å². The van der Waals surface area contributed by atoms with E-state index >= 15 is 0 Å². The molecule has 15 heavy (non-hydrogen) atoms. The average molecular weight is 247 g/mol. The van der Waals surface area contributed by atoms with Gasteiger partial charge >= 0.3 is 5.97 Å². The predicted octanol–water partition coefficient (Wildman–Crippen LogP) is 2.27. The minimum Gasteiger partial charge on any atom is -0.481 e. The molecule has 0 amide bonds. The maximum Gasteiger partial charge on any atom is 0.311 e. The van der Waals surface area contributed by atoms with Crippen LogP contribution in [0.2, 0.25) is 5.02 Å². The largest absolute Gasteiger partial charge is 0.481 e. The topological polar surface area (TPSA) is 66.0 Å². The number of carbonyl (C=O) groups is 1. The van der Waals surface area contributed by atoms with Crippen LogP contribution in [0.3, 0.4) is 0 Å². The van der Waals surface area contributed by atoms with Gasteiger partial charge in [0.15, 0.2) is 0 Å². The van der Waals surface area contributed by atoms with E-state index in [4.69, 9.17) is 16.7 Å². The van der Waals surface area contributed by atoms with E-state index in [1.165, 1.54) is 0 Å². The number of rotatable bonds is 2. The number of imidazole rings is 1. The molecule has 0 saturated heterocycles. The number of benzene rings is 1. The van der Waals surface area contributed by atoms with E-state index < -0.39 is 5.97 Å². The van der Waals surface area contributed by atoms with Crippen molar-refractivity contribution in [2.75, 3.05) is 0 Å². The Kier molecular flexibility index (Phi) is 3.55. The average Bonchev–Trinajstić information content (AvgIpc) is 2.44. The Bertz CT molecular complexity index is 496. The van der Waals surface area contributed by atoms with Gasteiger partial charge in [-0.2, -0.15) is 0 Å². The van der Waals surface area contributed by atoms with Crippen LogP contribution in [0.4, 0.5) is 0 Å². The quantitative estimate of drug-likeness (QED) is 0.855. The monoisotopic (exact) mass is 246 g/mol. The van der Waals surface area contributed by atoms with E-state index in [0.717, 1.165) is 5.52 Å². The maximum atomic E-state index is 10.4. The van der Waals surface area contributed by atoms with E-state index in [9.17, 15) is 4.79 Å². The Morgan fingerprint density at radius 1 is 1.53 bits per heavy atom. The lowest BCUT2D eigenvalue weighted by atomic mass is 10.3. The first-order chi connectivity index (χ1) is 6.65. The number of halogens is 2. The smallest absolute Gasteiger partial charge is 0.311 e. The highest BCUT2D eigenvalue weighted by molar-refractivity contribution is 6.31. The Morgan fingerprint density at radius 3 is 2.93 bits per heavy atom. The number of H-pyrrole nitrogens is 1. The van der Waals surface area contributed by atoms with Gasteiger partial charge in [-0.3, -0.25) is 4.79 Å². The van der Waals surface area contributed by atoms with E-state index in [0.29, 0.717) is 16.4 Å². The molecule has 0 aliphatic heterocycles. The number of nitrogens with zero attached hydrogens (tertiary/aromatic N) is 1. The zero-order chi connectivity index (χ0) is 10.1. The molecule has 80 valence electrons. The number of aliphatic carboxylic acids is 1. The maximum absolute atomic E-state index is 10.4. The Labute approximate surface area is 96.7 Å². The van der Waals surface area contributed by atoms with Gasteiger partial charge in [0.2, 0.25) is 0 Å². The summed E-state index contributed by atoms with van der Waals surface area (Å²) < 4.78 is 0. The van der Waals surface area contributed by atoms with Crippen LogP contribution < -0.4 is 0 Å². The van der Waals surface area contributed by atoms with E-state index in [1.54, 1.807) is 18.2 Å². The van der Waals surface area contributed by atoms with Gasteiger partial charge in [-0.25, -0.2) is 4.98 Å². The van der Waals surface area contributed by atoms with Crippen molar-refractivity contribution in [3.8, 4) is 0 Å². The van der Waals surface area contributed by atoms with Crippen molar-refractivity contribution in [2.45, 2.75) is 6.42 Å². The summed E-state index contributed by atoms with van der Waals surface area (Å²) in [4.78, 5) is 17.4. The standard InChI is InChI=1S/C9H7ClN2O2.ClH/c10-5-1-2-6-7(3-5)12-8(11-6)4-9(13)14;/h1-3H,4H2,(H,11,12)(H,13,14);1H. The second kappa shape index (κ2) is 4.51. The van der Waals surface area contributed by atoms with Crippen LogP contribution in [-0.4, -0.2) is 21.0 Å². The van der Waals surface area contributed by atoms with Crippen molar-refractivity contribution in [3.05, 3.63) is 29.0 Å². The molecule has 4 nitrogen and oxygen atoms in total. The summed E-state index contributed by atoms with van der Waals surface area (Å²) in [5.74, 6) is -0.468. The van der Waals surface area contributed by atoms with Gasteiger partial charge in [0.05, 0.1) is 11.0 Å². The van der Waals surface area contributed by atoms with Crippen LogP contribution in [0, 0.1) is 0 Å². The molecule has 2 rings (SSSR count). The molecular weight excluding hydrogens is 239 g/mol. The van der Waals surface area contributed by atoms with Gasteiger partial charge in [-0.1, -0.05) is 11.6 Å². The number of hydrogen-bond acceptors (Lipinski definition) is 2. The summed E-state index contributed by atoms with van der Waals surface area (Å²) in [7, 11) is 0. The van der Waals surface area contributed by atoms with Crippen molar-refractivity contribution in [2.24, 2.45) is 0 Å². The molecule has 0 spiro atoms. The lowest BCUT2D eigenvalue weighted by Crippen LogP contribution is -2.01. The summed E-state index contributed by atoms with van der Waals surface area (Å²) in [6, 6.07) is 5.20. The second-order valence-electron chi connectivity index (χ2n) is 2.92. The molecule has 6 heteroatoms. The molecule has 0 unspecified atom stereocenters. The first-order valence-electron chi connectivity index (χ1n) is 4.01. The van der Waals surface area contributed by atoms with Crippen LogP contribution in [0.5, 0.6) is 0 Å². The fraction of sp³-hybridized carbons (Fsp3) is 0.111. The van der Waals surface area contributed by atoms with Crippen molar-refractivity contribution in [1.29, 1.82) is 0 Å². The Balaban J connectivity index is 0.00000112. The van der Waals surface area contributed by atoms with Gasteiger partial charge in [-0.15, -0.1) is 12.4 Å². The zero-order valence-corrected chi connectivity index (χ0v) is 9.10. The van der Waals surface area contributed by atoms with E-state index in [-0.39, 0.29) is 18.8 Å². The van der Waals surface area contributed by atoms with Gasteiger partial charge in [0.25, 0.3) is 0 Å². The Hall–Kier alpha value is -1.26. The molecular formula is C9H8Cl2N2O2. The van der Waals surface area contributed by atoms with Gasteiger partial charge in [0, 0.05) is 5.02 Å². The summed E-state index contributed by atoms with van der Waals surface area (Å²) in [5.41, 5.74) is 1.49. The lowest BCUT2D eigenvalue weighted by molar-refractivity contribution is -0.136. The molecule has 2 N–H and O–H groups in total. The van der Waals surface area contributed by atoms with Gasteiger partial charge in [0.1, 0.15) is 12.2 Å². The minimum atomic E-state index is -0.907. The number of aromatic amines is 1. The number of carboxylic acids is 1. The molecule has 1 heterocycles.